The second-order valence-electron chi connectivity index (χ2n) is 16.6. The molecule has 2 aromatic carbocycles. The quantitative estimate of drug-likeness (QED) is 0.216. The highest BCUT2D eigenvalue weighted by Crippen LogP contribution is 2.71. The fourth-order valence-electron chi connectivity index (χ4n) is 10.8. The van der Waals surface area contributed by atoms with Crippen LogP contribution in [-0.2, 0) is 0 Å². The molecule has 1 aliphatic heterocycles. The zero-order valence-corrected chi connectivity index (χ0v) is 34.3. The van der Waals surface area contributed by atoms with E-state index in [2.05, 4.69) is 101 Å². The van der Waals surface area contributed by atoms with E-state index >= 15 is 0 Å². The maximum absolute atomic E-state index is 7.40. The van der Waals surface area contributed by atoms with E-state index in [1.165, 1.54) is 120 Å². The Labute approximate surface area is 309 Å². The van der Waals surface area contributed by atoms with E-state index in [1.807, 2.05) is 0 Å². The molecule has 3 saturated carbocycles. The smallest absolute Gasteiger partial charge is 0.122 e. The normalized spacial score (nSPS) is 22.5. The van der Waals surface area contributed by atoms with Crippen molar-refractivity contribution in [2.45, 2.75) is 160 Å². The average Bonchev–Trinajstić information content (AvgIpc) is 3.45. The molecule has 3 aliphatic carbocycles. The molecule has 1 unspecified atom stereocenters. The second kappa shape index (κ2) is 15.2. The van der Waals surface area contributed by atoms with Gasteiger partial charge in [0.25, 0.3) is 0 Å². The van der Waals surface area contributed by atoms with Crippen molar-refractivity contribution < 1.29 is 0 Å². The lowest BCUT2D eigenvalue weighted by atomic mass is 9.92. The summed E-state index contributed by atoms with van der Waals surface area (Å²) in [6, 6.07) is 9.52. The number of halogens is 2. The number of alkyl halides is 2. The monoisotopic (exact) mass is 720 g/mol. The first-order chi connectivity index (χ1) is 23.3. The third-order valence-electron chi connectivity index (χ3n) is 12.4. The summed E-state index contributed by atoms with van der Waals surface area (Å²) in [6.07, 6.45) is 19.2. The number of nitrogens with zero attached hydrogens (tertiary/aromatic N) is 2. The fraction of sp³-hybridized carbons (Fsp3) is 0.614. The predicted octanol–water partition coefficient (Wildman–Crippen LogP) is 13.3. The summed E-state index contributed by atoms with van der Waals surface area (Å²) in [6.45, 7) is 18.6. The van der Waals surface area contributed by atoms with Gasteiger partial charge in [-0.3, -0.25) is 0 Å². The summed E-state index contributed by atoms with van der Waals surface area (Å²) >= 11 is 14.8. The standard InChI is InChI=1S/C44H63Cl2N2P/c1-30(2)20-24-49(37-15-11-9-12-16-37,38-17-13-10-14-18-38)40-19-21-44(45,46)29-39(40)43-47(41-33(5)25-31(3)26-34(41)6)22-23-48(43)42-35(7)27-32(4)28-36(42)8/h20,24-28,37-38,40H,9-19,21-23,29H2,1-8H3. The predicted molar refractivity (Wildman–Crippen MR) is 221 cm³/mol. The minimum Gasteiger partial charge on any atom is -0.325 e. The van der Waals surface area contributed by atoms with Crippen molar-refractivity contribution in [2.75, 3.05) is 22.9 Å². The molecule has 2 aromatic rings. The molecule has 0 amide bonds. The van der Waals surface area contributed by atoms with Gasteiger partial charge >= 0.3 is 0 Å². The second-order valence-corrected chi connectivity index (χ2v) is 22.4. The molecule has 0 spiro atoms. The van der Waals surface area contributed by atoms with Crippen molar-refractivity contribution in [1.82, 2.24) is 0 Å². The number of rotatable bonds is 6. The summed E-state index contributed by atoms with van der Waals surface area (Å²) < 4.78 is -0.751. The molecule has 5 heteroatoms. The number of aryl methyl sites for hydroxylation is 6. The van der Waals surface area contributed by atoms with Gasteiger partial charge in [-0.1, -0.05) is 98.2 Å². The van der Waals surface area contributed by atoms with E-state index in [0.29, 0.717) is 5.66 Å². The van der Waals surface area contributed by atoms with Gasteiger partial charge in [-0.25, -0.2) is 0 Å². The minimum atomic E-state index is -1.67. The first-order valence-electron chi connectivity index (χ1n) is 19.5. The number of anilines is 2. The Morgan fingerprint density at radius 3 is 1.51 bits per heavy atom. The Kier molecular flexibility index (Phi) is 11.5. The highest BCUT2D eigenvalue weighted by molar-refractivity contribution is 7.77. The molecule has 49 heavy (non-hydrogen) atoms. The zero-order valence-electron chi connectivity index (χ0n) is 31.9. The van der Waals surface area contributed by atoms with Crippen molar-refractivity contribution >= 4 is 47.3 Å². The topological polar surface area (TPSA) is 6.48 Å². The Bertz CT molecular complexity index is 1510. The van der Waals surface area contributed by atoms with Crippen molar-refractivity contribution in [3.63, 3.8) is 0 Å². The SMILES string of the molecule is CC(C)=CC=P(C1CCCCC1)(C1CCCCC1)C1CCC(Cl)(Cl)CC1=C1N(c2c(C)cc(C)cc2C)CCN1c1c(C)cc(C)cc1C. The molecular weight excluding hydrogens is 658 g/mol. The maximum atomic E-state index is 7.40. The van der Waals surface area contributed by atoms with Crippen molar-refractivity contribution in [2.24, 2.45) is 0 Å². The molecule has 1 atom stereocenters. The van der Waals surface area contributed by atoms with Crippen LogP contribution in [0.1, 0.15) is 131 Å². The van der Waals surface area contributed by atoms with E-state index < -0.39 is 11.2 Å². The lowest BCUT2D eigenvalue weighted by molar-refractivity contribution is 0.472. The Morgan fingerprint density at radius 2 is 1.10 bits per heavy atom. The molecule has 4 fully saturated rings. The van der Waals surface area contributed by atoms with Crippen LogP contribution in [-0.4, -0.2) is 40.2 Å². The van der Waals surface area contributed by atoms with Crippen LogP contribution in [0.2, 0.25) is 0 Å². The molecule has 4 aliphatic rings. The molecule has 0 radical (unpaired) electrons. The molecule has 268 valence electrons. The van der Waals surface area contributed by atoms with Gasteiger partial charge in [-0.15, -0.1) is 23.2 Å². The van der Waals surface area contributed by atoms with E-state index in [9.17, 15) is 0 Å². The third kappa shape index (κ3) is 7.50. The van der Waals surface area contributed by atoms with Crippen LogP contribution in [0.5, 0.6) is 0 Å². The van der Waals surface area contributed by atoms with Gasteiger partial charge < -0.3 is 9.80 Å². The van der Waals surface area contributed by atoms with Crippen LogP contribution in [0.15, 0.2) is 47.3 Å². The van der Waals surface area contributed by atoms with Crippen LogP contribution in [0, 0.1) is 41.5 Å². The van der Waals surface area contributed by atoms with E-state index in [-0.39, 0.29) is 0 Å². The Balaban J connectivity index is 1.69. The van der Waals surface area contributed by atoms with Crippen molar-refractivity contribution in [3.8, 4) is 0 Å². The lowest BCUT2D eigenvalue weighted by Crippen LogP contribution is -2.40. The summed E-state index contributed by atoms with van der Waals surface area (Å²) in [7, 11) is 0. The fourth-order valence-corrected chi connectivity index (χ4v) is 18.0. The Morgan fingerprint density at radius 1 is 0.673 bits per heavy atom. The van der Waals surface area contributed by atoms with Gasteiger partial charge in [0.2, 0.25) is 0 Å². The molecule has 6 rings (SSSR count). The molecule has 0 N–H and O–H groups in total. The van der Waals surface area contributed by atoms with E-state index in [1.54, 1.807) is 5.57 Å². The first-order valence-corrected chi connectivity index (χ1v) is 22.3. The lowest BCUT2D eigenvalue weighted by Gasteiger charge is -2.53. The van der Waals surface area contributed by atoms with Gasteiger partial charge in [0.1, 0.15) is 10.2 Å². The molecule has 2 nitrogen and oxygen atoms in total. The van der Waals surface area contributed by atoms with Crippen LogP contribution < -0.4 is 9.80 Å². The van der Waals surface area contributed by atoms with Crippen LogP contribution in [0.4, 0.5) is 11.4 Å². The van der Waals surface area contributed by atoms with E-state index in [0.717, 1.165) is 43.7 Å². The summed E-state index contributed by atoms with van der Waals surface area (Å²) in [4.78, 5) is 5.44. The number of benzene rings is 2. The highest BCUT2D eigenvalue weighted by Gasteiger charge is 2.50. The number of hydrogen-bond acceptors (Lipinski definition) is 2. The highest BCUT2D eigenvalue weighted by atomic mass is 35.5. The van der Waals surface area contributed by atoms with Gasteiger partial charge in [0, 0.05) is 36.5 Å². The molecule has 0 aromatic heterocycles. The van der Waals surface area contributed by atoms with Gasteiger partial charge in [-0.2, -0.15) is 0 Å². The zero-order chi connectivity index (χ0) is 35.1. The summed E-state index contributed by atoms with van der Waals surface area (Å²) in [5.41, 5.74) is 16.0. The number of hydrogen-bond donors (Lipinski definition) is 0. The minimum absolute atomic E-state index is 0.509. The summed E-state index contributed by atoms with van der Waals surface area (Å²) in [5.74, 6) is 4.30. The largest absolute Gasteiger partial charge is 0.325 e. The van der Waals surface area contributed by atoms with Crippen molar-refractivity contribution in [3.05, 3.63) is 80.7 Å². The van der Waals surface area contributed by atoms with E-state index in [4.69, 9.17) is 23.2 Å². The maximum Gasteiger partial charge on any atom is 0.122 e. The van der Waals surface area contributed by atoms with Crippen LogP contribution in [0.25, 0.3) is 0 Å². The van der Waals surface area contributed by atoms with Crippen LogP contribution in [0.3, 0.4) is 0 Å². The average molecular weight is 722 g/mol. The van der Waals surface area contributed by atoms with Crippen LogP contribution >= 0.6 is 30.1 Å². The number of allylic oxidation sites excluding steroid dienone is 3. The molecule has 1 heterocycles. The third-order valence-corrected chi connectivity index (χ3v) is 18.9. The molecule has 0 bridgehead atoms. The van der Waals surface area contributed by atoms with Crippen molar-refractivity contribution in [1.29, 1.82) is 0 Å². The van der Waals surface area contributed by atoms with Gasteiger partial charge in [-0.05, 0) is 133 Å². The molecule has 1 saturated heterocycles. The van der Waals surface area contributed by atoms with Gasteiger partial charge in [0.05, 0.1) is 0 Å². The molecular formula is C44H63Cl2N2P. The van der Waals surface area contributed by atoms with Gasteiger partial charge in [0.15, 0.2) is 0 Å². The first kappa shape index (κ1) is 37.2. The Hall–Kier alpha value is -1.60. The summed E-state index contributed by atoms with van der Waals surface area (Å²) in [5, 5.41) is 0.